The van der Waals surface area contributed by atoms with Crippen molar-refractivity contribution in [2.45, 2.75) is 5.41 Å². The molecule has 54 heavy (non-hydrogen) atoms. The van der Waals surface area contributed by atoms with Gasteiger partial charge in [0, 0.05) is 16.9 Å². The van der Waals surface area contributed by atoms with Crippen LogP contribution in [0.5, 0.6) is 0 Å². The van der Waals surface area contributed by atoms with Crippen LogP contribution in [-0.2, 0) is 5.41 Å². The number of anilines is 3. The van der Waals surface area contributed by atoms with E-state index in [1.54, 1.807) is 0 Å². The third kappa shape index (κ3) is 4.33. The summed E-state index contributed by atoms with van der Waals surface area (Å²) in [7, 11) is 0. The Morgan fingerprint density at radius 2 is 0.833 bits per heavy atom. The average Bonchev–Trinajstić information content (AvgIpc) is 3.72. The van der Waals surface area contributed by atoms with Crippen LogP contribution < -0.4 is 4.90 Å². The van der Waals surface area contributed by atoms with Crippen LogP contribution in [0, 0.1) is 0 Å². The molecule has 0 N–H and O–H groups in total. The van der Waals surface area contributed by atoms with Crippen molar-refractivity contribution < 1.29 is 0 Å². The zero-order valence-corrected chi connectivity index (χ0v) is 29.7. The lowest BCUT2D eigenvalue weighted by atomic mass is 9.70. The van der Waals surface area contributed by atoms with Crippen LogP contribution in [0.3, 0.4) is 0 Å². The molecule has 11 rings (SSSR count). The van der Waals surface area contributed by atoms with Gasteiger partial charge in [0.1, 0.15) is 0 Å². The van der Waals surface area contributed by atoms with Crippen molar-refractivity contribution in [3.63, 3.8) is 0 Å². The molecule has 0 unspecified atom stereocenters. The molecule has 0 bridgehead atoms. The Bertz CT molecular complexity index is 2820. The first kappa shape index (κ1) is 30.6. The van der Waals surface area contributed by atoms with E-state index in [-0.39, 0.29) is 0 Å². The van der Waals surface area contributed by atoms with E-state index in [2.05, 4.69) is 217 Å². The fraction of sp³-hybridized carbons (Fsp3) is 0.0189. The van der Waals surface area contributed by atoms with E-state index in [4.69, 9.17) is 0 Å². The highest BCUT2D eigenvalue weighted by molar-refractivity contribution is 6.05. The minimum Gasteiger partial charge on any atom is -0.310 e. The van der Waals surface area contributed by atoms with Crippen LogP contribution in [0.1, 0.15) is 22.3 Å². The molecule has 0 aliphatic heterocycles. The topological polar surface area (TPSA) is 3.24 Å². The lowest BCUT2D eigenvalue weighted by Crippen LogP contribution is -2.26. The summed E-state index contributed by atoms with van der Waals surface area (Å²) in [6.45, 7) is 0. The summed E-state index contributed by atoms with van der Waals surface area (Å²) >= 11 is 0. The third-order valence-corrected chi connectivity index (χ3v) is 11.7. The van der Waals surface area contributed by atoms with Crippen molar-refractivity contribution in [1.29, 1.82) is 0 Å². The Labute approximate surface area is 316 Å². The molecule has 1 spiro atoms. The predicted molar refractivity (Wildman–Crippen MR) is 226 cm³/mol. The largest absolute Gasteiger partial charge is 0.310 e. The molecule has 0 saturated carbocycles. The van der Waals surface area contributed by atoms with Crippen LogP contribution in [0.4, 0.5) is 17.1 Å². The number of rotatable bonds is 5. The van der Waals surface area contributed by atoms with E-state index < -0.39 is 5.41 Å². The fourth-order valence-corrected chi connectivity index (χ4v) is 9.53. The monoisotopic (exact) mass is 685 g/mol. The summed E-state index contributed by atoms with van der Waals surface area (Å²) in [6, 6.07) is 78.1. The molecule has 9 aromatic carbocycles. The summed E-state index contributed by atoms with van der Waals surface area (Å²) in [5, 5.41) is 2.50. The van der Waals surface area contributed by atoms with Gasteiger partial charge in [0.05, 0.1) is 11.1 Å². The van der Waals surface area contributed by atoms with Gasteiger partial charge in [-0.15, -0.1) is 0 Å². The molecule has 252 valence electrons. The fourth-order valence-electron chi connectivity index (χ4n) is 9.53. The average molecular weight is 686 g/mol. The highest BCUT2D eigenvalue weighted by atomic mass is 15.1. The molecule has 0 saturated heterocycles. The Kier molecular flexibility index (Phi) is 6.84. The van der Waals surface area contributed by atoms with Gasteiger partial charge in [-0.2, -0.15) is 0 Å². The maximum atomic E-state index is 2.45. The van der Waals surface area contributed by atoms with E-state index in [1.165, 1.54) is 83.2 Å². The molecular formula is C53H35N. The van der Waals surface area contributed by atoms with Gasteiger partial charge in [0.25, 0.3) is 0 Å². The lowest BCUT2D eigenvalue weighted by molar-refractivity contribution is 0.794. The molecule has 0 fully saturated rings. The second kappa shape index (κ2) is 12.0. The normalized spacial score (nSPS) is 13.0. The molecule has 0 atom stereocenters. The van der Waals surface area contributed by atoms with Crippen molar-refractivity contribution in [2.24, 2.45) is 0 Å². The van der Waals surface area contributed by atoms with E-state index in [0.29, 0.717) is 0 Å². The first-order chi connectivity index (χ1) is 26.8. The smallest absolute Gasteiger partial charge is 0.0726 e. The van der Waals surface area contributed by atoms with Gasteiger partial charge in [-0.1, -0.05) is 182 Å². The molecule has 0 heterocycles. The van der Waals surface area contributed by atoms with E-state index in [0.717, 1.165) is 11.4 Å². The molecule has 0 radical (unpaired) electrons. The standard InChI is InChI=1S/C53H35N/c1-3-16-36(17-4-1)42-35-32-37-18-7-8-21-41(37)51(42)38-30-33-40(34-31-38)54(39-19-5-2-6-20-39)50-29-15-28-49-52(50)45-24-11-14-27-48(45)53(49)46-25-12-9-22-43(46)44-23-10-13-26-47(44)53/h1-35H. The third-order valence-electron chi connectivity index (χ3n) is 11.7. The molecule has 0 aromatic heterocycles. The predicted octanol–water partition coefficient (Wildman–Crippen LogP) is 14.0. The SMILES string of the molecule is c1ccc(-c2ccc3ccccc3c2-c2ccc(N(c3ccccc3)c3cccc4c3-c3ccccc3C43c4ccccc4-c4ccccc43)cc2)cc1. The maximum Gasteiger partial charge on any atom is 0.0726 e. The lowest BCUT2D eigenvalue weighted by Gasteiger charge is -2.31. The Balaban J connectivity index is 1.14. The molecule has 1 heteroatoms. The molecular weight excluding hydrogens is 651 g/mol. The summed E-state index contributed by atoms with van der Waals surface area (Å²) in [5.74, 6) is 0. The van der Waals surface area contributed by atoms with Crippen molar-refractivity contribution >= 4 is 27.8 Å². The van der Waals surface area contributed by atoms with Crippen LogP contribution in [0.2, 0.25) is 0 Å². The Morgan fingerprint density at radius 3 is 1.54 bits per heavy atom. The summed E-state index contributed by atoms with van der Waals surface area (Å²) in [5.41, 5.74) is 18.5. The number of benzene rings is 9. The van der Waals surface area contributed by atoms with Gasteiger partial charge < -0.3 is 4.90 Å². The molecule has 0 amide bonds. The van der Waals surface area contributed by atoms with Crippen molar-refractivity contribution in [2.75, 3.05) is 4.90 Å². The Morgan fingerprint density at radius 1 is 0.296 bits per heavy atom. The van der Waals surface area contributed by atoms with Crippen molar-refractivity contribution in [3.8, 4) is 44.5 Å². The minimum absolute atomic E-state index is 0.399. The van der Waals surface area contributed by atoms with E-state index in [1.807, 2.05) is 0 Å². The summed E-state index contributed by atoms with van der Waals surface area (Å²) in [4.78, 5) is 2.45. The minimum atomic E-state index is -0.399. The van der Waals surface area contributed by atoms with Crippen LogP contribution in [0.25, 0.3) is 55.3 Å². The van der Waals surface area contributed by atoms with Gasteiger partial charge in [0.2, 0.25) is 0 Å². The molecule has 1 nitrogen and oxygen atoms in total. The van der Waals surface area contributed by atoms with Crippen LogP contribution in [-0.4, -0.2) is 0 Å². The number of para-hydroxylation sites is 1. The van der Waals surface area contributed by atoms with Gasteiger partial charge in [-0.3, -0.25) is 0 Å². The van der Waals surface area contributed by atoms with E-state index >= 15 is 0 Å². The van der Waals surface area contributed by atoms with Gasteiger partial charge in [-0.05, 0) is 102 Å². The number of fused-ring (bicyclic) bond motifs is 11. The van der Waals surface area contributed by atoms with Crippen LogP contribution in [0.15, 0.2) is 212 Å². The van der Waals surface area contributed by atoms with Crippen LogP contribution >= 0.6 is 0 Å². The maximum absolute atomic E-state index is 2.45. The number of hydrogen-bond donors (Lipinski definition) is 0. The highest BCUT2D eigenvalue weighted by Gasteiger charge is 2.52. The summed E-state index contributed by atoms with van der Waals surface area (Å²) < 4.78 is 0. The zero-order chi connectivity index (χ0) is 35.6. The van der Waals surface area contributed by atoms with E-state index in [9.17, 15) is 0 Å². The zero-order valence-electron chi connectivity index (χ0n) is 29.7. The second-order valence-electron chi connectivity index (χ2n) is 14.4. The number of nitrogens with zero attached hydrogens (tertiary/aromatic N) is 1. The summed E-state index contributed by atoms with van der Waals surface area (Å²) in [6.07, 6.45) is 0. The van der Waals surface area contributed by atoms with Crippen molar-refractivity contribution in [1.82, 2.24) is 0 Å². The highest BCUT2D eigenvalue weighted by Crippen LogP contribution is 2.64. The van der Waals surface area contributed by atoms with Gasteiger partial charge in [0.15, 0.2) is 0 Å². The first-order valence-corrected chi connectivity index (χ1v) is 18.8. The van der Waals surface area contributed by atoms with Gasteiger partial charge >= 0.3 is 0 Å². The second-order valence-corrected chi connectivity index (χ2v) is 14.4. The number of hydrogen-bond acceptors (Lipinski definition) is 1. The molecule has 2 aliphatic carbocycles. The molecule has 9 aromatic rings. The van der Waals surface area contributed by atoms with Crippen molar-refractivity contribution in [3.05, 3.63) is 235 Å². The van der Waals surface area contributed by atoms with Gasteiger partial charge in [-0.25, -0.2) is 0 Å². The first-order valence-electron chi connectivity index (χ1n) is 18.8. The Hall–Kier alpha value is -6.96. The molecule has 2 aliphatic rings. The quantitative estimate of drug-likeness (QED) is 0.174.